The fourth-order valence-corrected chi connectivity index (χ4v) is 5.33. The average molecular weight is 578 g/mol. The van der Waals surface area contributed by atoms with Crippen molar-refractivity contribution in [3.8, 4) is 34.4 Å². The van der Waals surface area contributed by atoms with Crippen molar-refractivity contribution < 1.29 is 14.2 Å². The van der Waals surface area contributed by atoms with Gasteiger partial charge < -0.3 is 14.2 Å². The van der Waals surface area contributed by atoms with Crippen LogP contribution >= 0.6 is 0 Å². The van der Waals surface area contributed by atoms with Gasteiger partial charge in [0.2, 0.25) is 0 Å². The summed E-state index contributed by atoms with van der Waals surface area (Å²) < 4.78 is 18.3. The maximum absolute atomic E-state index is 8.96. The molecule has 0 N–H and O–H groups in total. The second-order valence-electron chi connectivity index (χ2n) is 11.3. The van der Waals surface area contributed by atoms with Gasteiger partial charge in [0.05, 0.1) is 31.5 Å². The largest absolute Gasteiger partial charge is 0.494 e. The number of fused-ring (bicyclic) bond motifs is 1. The summed E-state index contributed by atoms with van der Waals surface area (Å²) in [5.74, 6) is 2.81. The van der Waals surface area contributed by atoms with Crippen LogP contribution in [-0.2, 0) is 0 Å². The molecule has 0 bridgehead atoms. The Labute approximate surface area is 258 Å². The molecule has 0 aliphatic carbocycles. The maximum atomic E-state index is 8.96. The Morgan fingerprint density at radius 2 is 0.930 bits per heavy atom. The number of rotatable bonds is 20. The SMILES string of the molecule is CCCCCCCCOc1cccc2c(OCCCCCCCCOc3ccc(-c4ccc(C#N)cc4)cc3)cccc12. The van der Waals surface area contributed by atoms with E-state index in [0.717, 1.165) is 78.2 Å². The van der Waals surface area contributed by atoms with E-state index in [1.165, 1.54) is 57.8 Å². The van der Waals surface area contributed by atoms with Crippen molar-refractivity contribution in [2.24, 2.45) is 0 Å². The van der Waals surface area contributed by atoms with Gasteiger partial charge in [-0.1, -0.05) is 113 Å². The second-order valence-corrected chi connectivity index (χ2v) is 11.3. The third kappa shape index (κ3) is 10.7. The third-order valence-corrected chi connectivity index (χ3v) is 7.86. The monoisotopic (exact) mass is 577 g/mol. The van der Waals surface area contributed by atoms with Crippen molar-refractivity contribution >= 4 is 10.8 Å². The van der Waals surface area contributed by atoms with Gasteiger partial charge in [0, 0.05) is 10.8 Å². The molecule has 0 aliphatic rings. The number of nitriles is 1. The second kappa shape index (κ2) is 18.5. The summed E-state index contributed by atoms with van der Waals surface area (Å²) in [5.41, 5.74) is 2.90. The van der Waals surface area contributed by atoms with E-state index in [0.29, 0.717) is 5.56 Å². The van der Waals surface area contributed by atoms with Gasteiger partial charge in [-0.25, -0.2) is 0 Å². The third-order valence-electron chi connectivity index (χ3n) is 7.86. The lowest BCUT2D eigenvalue weighted by Crippen LogP contribution is -2.00. The smallest absolute Gasteiger partial charge is 0.127 e. The molecule has 0 atom stereocenters. The van der Waals surface area contributed by atoms with Crippen LogP contribution in [0.4, 0.5) is 0 Å². The number of hydrogen-bond acceptors (Lipinski definition) is 4. The Hall–Kier alpha value is -3.97. The van der Waals surface area contributed by atoms with Gasteiger partial charge in [0.1, 0.15) is 17.2 Å². The molecule has 0 spiro atoms. The molecule has 0 unspecified atom stereocenters. The first-order valence-electron chi connectivity index (χ1n) is 16.3. The quantitative estimate of drug-likeness (QED) is 0.0980. The molecular formula is C39H47NO3. The Morgan fingerprint density at radius 3 is 1.42 bits per heavy atom. The van der Waals surface area contributed by atoms with Gasteiger partial charge in [0.25, 0.3) is 0 Å². The van der Waals surface area contributed by atoms with Gasteiger partial charge in [0.15, 0.2) is 0 Å². The highest BCUT2D eigenvalue weighted by atomic mass is 16.5. The zero-order chi connectivity index (χ0) is 30.0. The molecule has 4 aromatic carbocycles. The Balaban J connectivity index is 1.07. The minimum Gasteiger partial charge on any atom is -0.494 e. The van der Waals surface area contributed by atoms with E-state index in [1.54, 1.807) is 0 Å². The molecule has 0 amide bonds. The van der Waals surface area contributed by atoms with E-state index in [-0.39, 0.29) is 0 Å². The van der Waals surface area contributed by atoms with Crippen molar-refractivity contribution in [2.45, 2.75) is 84.0 Å². The van der Waals surface area contributed by atoms with Crippen molar-refractivity contribution in [1.29, 1.82) is 5.26 Å². The van der Waals surface area contributed by atoms with Crippen LogP contribution in [0.5, 0.6) is 17.2 Å². The predicted octanol–water partition coefficient (Wildman–Crippen LogP) is 10.9. The van der Waals surface area contributed by atoms with Gasteiger partial charge in [-0.3, -0.25) is 0 Å². The van der Waals surface area contributed by atoms with E-state index >= 15 is 0 Å². The molecule has 0 fully saturated rings. The van der Waals surface area contributed by atoms with Crippen molar-refractivity contribution in [3.05, 3.63) is 90.5 Å². The van der Waals surface area contributed by atoms with Gasteiger partial charge in [-0.2, -0.15) is 5.26 Å². The van der Waals surface area contributed by atoms with Gasteiger partial charge in [-0.15, -0.1) is 0 Å². The van der Waals surface area contributed by atoms with E-state index in [9.17, 15) is 0 Å². The molecule has 226 valence electrons. The van der Waals surface area contributed by atoms with Crippen LogP contribution < -0.4 is 14.2 Å². The maximum Gasteiger partial charge on any atom is 0.127 e. The first kappa shape index (κ1) is 32.0. The lowest BCUT2D eigenvalue weighted by Gasteiger charge is -2.13. The standard InChI is InChI=1S/C39H47NO3/c1-2-3-4-5-8-12-29-42-38-18-14-17-37-36(38)16-15-19-39(37)43-30-13-10-7-6-9-11-28-41-35-26-24-34(25-27-35)33-22-20-32(31-40)21-23-33/h14-27H,2-13,28-30H2,1H3. The molecule has 4 heteroatoms. The number of benzene rings is 4. The van der Waals surface area contributed by atoms with E-state index in [1.807, 2.05) is 36.4 Å². The molecule has 0 heterocycles. The van der Waals surface area contributed by atoms with Crippen LogP contribution in [0.15, 0.2) is 84.9 Å². The van der Waals surface area contributed by atoms with E-state index in [4.69, 9.17) is 19.5 Å². The van der Waals surface area contributed by atoms with Crippen LogP contribution in [0, 0.1) is 11.3 Å². The van der Waals surface area contributed by atoms with E-state index < -0.39 is 0 Å². The highest BCUT2D eigenvalue weighted by Crippen LogP contribution is 2.32. The Bertz CT molecular complexity index is 1390. The molecule has 0 aromatic heterocycles. The fourth-order valence-electron chi connectivity index (χ4n) is 5.33. The van der Waals surface area contributed by atoms with Crippen molar-refractivity contribution in [2.75, 3.05) is 19.8 Å². The molecule has 4 nitrogen and oxygen atoms in total. The van der Waals surface area contributed by atoms with Crippen LogP contribution in [0.2, 0.25) is 0 Å². The first-order chi connectivity index (χ1) is 21.3. The molecule has 43 heavy (non-hydrogen) atoms. The zero-order valence-corrected chi connectivity index (χ0v) is 25.9. The average Bonchev–Trinajstić information content (AvgIpc) is 3.05. The molecule has 0 saturated heterocycles. The first-order valence-corrected chi connectivity index (χ1v) is 16.3. The molecule has 0 radical (unpaired) electrons. The van der Waals surface area contributed by atoms with Crippen molar-refractivity contribution in [3.63, 3.8) is 0 Å². The lowest BCUT2D eigenvalue weighted by molar-refractivity contribution is 0.298. The van der Waals surface area contributed by atoms with E-state index in [2.05, 4.69) is 61.5 Å². The minimum absolute atomic E-state index is 0.677. The highest BCUT2D eigenvalue weighted by molar-refractivity contribution is 5.93. The van der Waals surface area contributed by atoms with Crippen LogP contribution in [0.1, 0.15) is 89.5 Å². The van der Waals surface area contributed by atoms with Gasteiger partial charge >= 0.3 is 0 Å². The predicted molar refractivity (Wildman–Crippen MR) is 178 cm³/mol. The van der Waals surface area contributed by atoms with Crippen LogP contribution in [-0.4, -0.2) is 19.8 Å². The molecule has 4 rings (SSSR count). The summed E-state index contributed by atoms with van der Waals surface area (Å²) >= 11 is 0. The molecule has 4 aromatic rings. The summed E-state index contributed by atoms with van der Waals surface area (Å²) in [6.45, 7) is 4.51. The highest BCUT2D eigenvalue weighted by Gasteiger charge is 2.07. The summed E-state index contributed by atoms with van der Waals surface area (Å²) in [7, 11) is 0. The summed E-state index contributed by atoms with van der Waals surface area (Å²) in [6, 6.07) is 30.5. The number of unbranched alkanes of at least 4 members (excludes halogenated alkanes) is 10. The normalized spacial score (nSPS) is 10.9. The topological polar surface area (TPSA) is 51.5 Å². The Morgan fingerprint density at radius 1 is 0.488 bits per heavy atom. The molecule has 0 aliphatic heterocycles. The fraction of sp³-hybridized carbons (Fsp3) is 0.410. The lowest BCUT2D eigenvalue weighted by atomic mass is 10.0. The summed E-state index contributed by atoms with van der Waals surface area (Å²) in [4.78, 5) is 0. The van der Waals surface area contributed by atoms with Gasteiger partial charge in [-0.05, 0) is 66.8 Å². The number of nitrogens with zero attached hydrogens (tertiary/aromatic N) is 1. The number of ether oxygens (including phenoxy) is 3. The molecular weight excluding hydrogens is 530 g/mol. The number of hydrogen-bond donors (Lipinski definition) is 0. The minimum atomic E-state index is 0.677. The summed E-state index contributed by atoms with van der Waals surface area (Å²) in [5, 5.41) is 11.2. The zero-order valence-electron chi connectivity index (χ0n) is 25.9. The van der Waals surface area contributed by atoms with Crippen molar-refractivity contribution in [1.82, 2.24) is 0 Å². The summed E-state index contributed by atoms with van der Waals surface area (Å²) in [6.07, 6.45) is 14.5. The van der Waals surface area contributed by atoms with Crippen LogP contribution in [0.25, 0.3) is 21.9 Å². The molecule has 0 saturated carbocycles. The van der Waals surface area contributed by atoms with Crippen LogP contribution in [0.3, 0.4) is 0 Å². The Kier molecular flexibility index (Phi) is 13.8.